The lowest BCUT2D eigenvalue weighted by Crippen LogP contribution is -2.07. The maximum absolute atomic E-state index is 11.7. The summed E-state index contributed by atoms with van der Waals surface area (Å²) in [5.74, 6) is -0.111. The van der Waals surface area contributed by atoms with Crippen molar-refractivity contribution in [1.82, 2.24) is 0 Å². The molecule has 21 heavy (non-hydrogen) atoms. The third-order valence-electron chi connectivity index (χ3n) is 3.44. The van der Waals surface area contributed by atoms with Gasteiger partial charge >= 0.3 is 5.97 Å². The van der Waals surface area contributed by atoms with Gasteiger partial charge in [-0.25, -0.2) is 0 Å². The lowest BCUT2D eigenvalue weighted by atomic mass is 10.0. The molecule has 0 aliphatic heterocycles. The molecule has 0 N–H and O–H groups in total. The molecule has 0 spiro atoms. The summed E-state index contributed by atoms with van der Waals surface area (Å²) in [5.41, 5.74) is 2.24. The summed E-state index contributed by atoms with van der Waals surface area (Å²) in [6.45, 7) is 8.03. The summed E-state index contributed by atoms with van der Waals surface area (Å²) < 4.78 is 5.26. The van der Waals surface area contributed by atoms with Crippen LogP contribution in [0.3, 0.4) is 0 Å². The van der Waals surface area contributed by atoms with Crippen LogP contribution in [0, 0.1) is 0 Å². The van der Waals surface area contributed by atoms with E-state index in [9.17, 15) is 4.79 Å². The summed E-state index contributed by atoms with van der Waals surface area (Å²) in [5, 5.41) is 0. The number of rotatable bonds is 11. The minimum Gasteiger partial charge on any atom is -0.466 e. The molecule has 0 aliphatic rings. The molecule has 0 bridgehead atoms. The zero-order valence-electron chi connectivity index (χ0n) is 12.9. The summed E-state index contributed by atoms with van der Waals surface area (Å²) in [6.07, 6.45) is 10.4. The normalized spacial score (nSPS) is 10.1. The monoisotopic (exact) mass is 286 g/mol. The zero-order valence-corrected chi connectivity index (χ0v) is 12.9. The number of esters is 1. The molecule has 0 aromatic heterocycles. The van der Waals surface area contributed by atoms with Gasteiger partial charge in [0.05, 0.1) is 6.61 Å². The van der Waals surface area contributed by atoms with E-state index in [4.69, 9.17) is 4.74 Å². The van der Waals surface area contributed by atoms with E-state index >= 15 is 0 Å². The van der Waals surface area contributed by atoms with Gasteiger partial charge in [0.1, 0.15) is 0 Å². The fraction of sp³-hybridized carbons (Fsp3) is 0.421. The molecule has 0 atom stereocenters. The predicted molar refractivity (Wildman–Crippen MR) is 89.1 cm³/mol. The van der Waals surface area contributed by atoms with Gasteiger partial charge in [0.2, 0.25) is 0 Å². The Morgan fingerprint density at radius 2 is 1.86 bits per heavy atom. The lowest BCUT2D eigenvalue weighted by molar-refractivity contribution is -0.143. The highest BCUT2D eigenvalue weighted by molar-refractivity contribution is 5.70. The van der Waals surface area contributed by atoms with Crippen LogP contribution in [0.5, 0.6) is 0 Å². The average molecular weight is 286 g/mol. The van der Waals surface area contributed by atoms with Crippen LogP contribution in [-0.4, -0.2) is 12.6 Å². The molecule has 1 aromatic carbocycles. The Morgan fingerprint density at radius 1 is 1.10 bits per heavy atom. The molecule has 0 radical (unpaired) electrons. The molecule has 0 fully saturated rings. The zero-order chi connectivity index (χ0) is 15.3. The largest absolute Gasteiger partial charge is 0.466 e. The van der Waals surface area contributed by atoms with E-state index in [0.29, 0.717) is 19.4 Å². The molecule has 2 heteroatoms. The fourth-order valence-electron chi connectivity index (χ4n) is 2.20. The number of aryl methyl sites for hydroxylation is 1. The first-order valence-corrected chi connectivity index (χ1v) is 7.74. The Morgan fingerprint density at radius 3 is 2.62 bits per heavy atom. The highest BCUT2D eigenvalue weighted by Crippen LogP contribution is 2.12. The molecule has 2 nitrogen and oxygen atoms in total. The molecule has 0 unspecified atom stereocenters. The molecule has 0 heterocycles. The van der Waals surface area contributed by atoms with E-state index in [1.54, 1.807) is 0 Å². The number of carbonyl (C=O) groups is 1. The van der Waals surface area contributed by atoms with Crippen molar-refractivity contribution in [2.45, 2.75) is 44.9 Å². The molecule has 0 aliphatic carbocycles. The second-order valence-corrected chi connectivity index (χ2v) is 5.11. The minimum atomic E-state index is -0.111. The van der Waals surface area contributed by atoms with Gasteiger partial charge in [0.25, 0.3) is 0 Å². The van der Waals surface area contributed by atoms with Crippen molar-refractivity contribution >= 4 is 12.0 Å². The van der Waals surface area contributed by atoms with Crippen LogP contribution in [0.2, 0.25) is 0 Å². The van der Waals surface area contributed by atoms with Crippen molar-refractivity contribution in [1.29, 1.82) is 0 Å². The highest BCUT2D eigenvalue weighted by atomic mass is 16.5. The lowest BCUT2D eigenvalue weighted by Gasteiger charge is -2.07. The maximum Gasteiger partial charge on any atom is 0.306 e. The molecule has 0 amide bonds. The van der Waals surface area contributed by atoms with Crippen LogP contribution >= 0.6 is 0 Å². The number of ether oxygens (including phenoxy) is 1. The number of hydrogen-bond donors (Lipinski definition) is 0. The Labute approximate surface area is 128 Å². The summed E-state index contributed by atoms with van der Waals surface area (Å²) in [7, 11) is 0. The summed E-state index contributed by atoms with van der Waals surface area (Å²) in [6, 6.07) is 8.00. The van der Waals surface area contributed by atoms with Gasteiger partial charge in [-0.1, -0.05) is 55.8 Å². The Hall–Kier alpha value is -1.83. The van der Waals surface area contributed by atoms with Crippen LogP contribution in [0.1, 0.15) is 49.7 Å². The van der Waals surface area contributed by atoms with Crippen LogP contribution < -0.4 is 0 Å². The van der Waals surface area contributed by atoms with E-state index in [-0.39, 0.29) is 5.97 Å². The van der Waals surface area contributed by atoms with E-state index in [1.165, 1.54) is 12.8 Å². The van der Waals surface area contributed by atoms with Crippen LogP contribution in [0.25, 0.3) is 6.08 Å². The summed E-state index contributed by atoms with van der Waals surface area (Å²) >= 11 is 0. The van der Waals surface area contributed by atoms with Crippen molar-refractivity contribution in [3.63, 3.8) is 0 Å². The maximum atomic E-state index is 11.7. The minimum absolute atomic E-state index is 0.111. The predicted octanol–water partition coefficient (Wildman–Crippen LogP) is 4.94. The molecule has 0 saturated heterocycles. The van der Waals surface area contributed by atoms with Gasteiger partial charge in [-0.2, -0.15) is 0 Å². The van der Waals surface area contributed by atoms with Gasteiger partial charge in [-0.15, -0.1) is 6.58 Å². The first-order chi connectivity index (χ1) is 10.3. The summed E-state index contributed by atoms with van der Waals surface area (Å²) in [4.78, 5) is 11.7. The van der Waals surface area contributed by atoms with Gasteiger partial charge in [-0.05, 0) is 36.8 Å². The van der Waals surface area contributed by atoms with E-state index in [0.717, 1.165) is 30.4 Å². The van der Waals surface area contributed by atoms with Crippen molar-refractivity contribution in [3.05, 3.63) is 54.6 Å². The smallest absolute Gasteiger partial charge is 0.306 e. The molecular weight excluding hydrogens is 260 g/mol. The molecule has 1 rings (SSSR count). The number of unbranched alkanes of at least 4 members (excludes halogenated alkanes) is 4. The van der Waals surface area contributed by atoms with Gasteiger partial charge in [0, 0.05) is 6.42 Å². The number of benzene rings is 1. The topological polar surface area (TPSA) is 26.3 Å². The van der Waals surface area contributed by atoms with E-state index in [1.807, 2.05) is 36.4 Å². The van der Waals surface area contributed by atoms with Crippen molar-refractivity contribution < 1.29 is 9.53 Å². The molecule has 0 saturated carbocycles. The number of allylic oxidation sites excluding steroid dienone is 1. The van der Waals surface area contributed by atoms with Crippen molar-refractivity contribution in [2.75, 3.05) is 6.61 Å². The standard InChI is InChI=1S/C19H26O2/c1-3-5-6-7-8-11-16-21-19(20)15-14-18-13-10-9-12-17(18)4-2/h3-4,9-10,12-13H,1-2,5-8,11,14-16H2. The average Bonchev–Trinajstić information content (AvgIpc) is 2.52. The van der Waals surface area contributed by atoms with Gasteiger partial charge in [0.15, 0.2) is 0 Å². The van der Waals surface area contributed by atoms with Gasteiger partial charge < -0.3 is 4.74 Å². The van der Waals surface area contributed by atoms with Crippen LogP contribution in [0.15, 0.2) is 43.5 Å². The van der Waals surface area contributed by atoms with Crippen LogP contribution in [-0.2, 0) is 16.0 Å². The van der Waals surface area contributed by atoms with Crippen LogP contribution in [0.4, 0.5) is 0 Å². The second-order valence-electron chi connectivity index (χ2n) is 5.11. The van der Waals surface area contributed by atoms with E-state index < -0.39 is 0 Å². The van der Waals surface area contributed by atoms with Crippen molar-refractivity contribution in [2.24, 2.45) is 0 Å². The molecule has 1 aromatic rings. The fourth-order valence-corrected chi connectivity index (χ4v) is 2.20. The Bertz CT molecular complexity index is 449. The quantitative estimate of drug-likeness (QED) is 0.327. The molecular formula is C19H26O2. The highest BCUT2D eigenvalue weighted by Gasteiger charge is 2.05. The second kappa shape index (κ2) is 10.9. The number of carbonyl (C=O) groups excluding carboxylic acids is 1. The SMILES string of the molecule is C=CCCCCCCOC(=O)CCc1ccccc1C=C. The van der Waals surface area contributed by atoms with Gasteiger partial charge in [-0.3, -0.25) is 4.79 Å². The first kappa shape index (κ1) is 17.2. The Balaban J connectivity index is 2.14. The Kier molecular flexibility index (Phi) is 8.94. The first-order valence-electron chi connectivity index (χ1n) is 7.74. The third kappa shape index (κ3) is 7.50. The molecule has 114 valence electrons. The third-order valence-corrected chi connectivity index (χ3v) is 3.44. The number of hydrogen-bond acceptors (Lipinski definition) is 2. The van der Waals surface area contributed by atoms with Crippen molar-refractivity contribution in [3.8, 4) is 0 Å². The van der Waals surface area contributed by atoms with E-state index in [2.05, 4.69) is 13.2 Å².